The van der Waals surface area contributed by atoms with Crippen LogP contribution in [-0.2, 0) is 6.42 Å². The summed E-state index contributed by atoms with van der Waals surface area (Å²) in [5, 5.41) is 8.33. The average Bonchev–Trinajstić information content (AvgIpc) is 2.91. The summed E-state index contributed by atoms with van der Waals surface area (Å²) >= 11 is 1.72. The lowest BCUT2D eigenvalue weighted by atomic mass is 10.1. The minimum Gasteiger partial charge on any atom is -0.382 e. The normalized spacial score (nSPS) is 10.6. The van der Waals surface area contributed by atoms with Crippen molar-refractivity contribution in [3.63, 3.8) is 0 Å². The van der Waals surface area contributed by atoms with E-state index in [2.05, 4.69) is 35.9 Å². The Labute approximate surface area is 124 Å². The van der Waals surface area contributed by atoms with E-state index in [9.17, 15) is 4.79 Å². The minimum atomic E-state index is -0.0229. The van der Waals surface area contributed by atoms with Gasteiger partial charge in [-0.2, -0.15) is 0 Å². The second-order valence-electron chi connectivity index (χ2n) is 4.93. The third kappa shape index (κ3) is 4.10. The number of carbonyl (C=O) groups excluding carboxylic acids is 1. The fraction of sp³-hybridized carbons (Fsp3) is 0.312. The Morgan fingerprint density at radius 2 is 2.00 bits per heavy atom. The van der Waals surface area contributed by atoms with Crippen molar-refractivity contribution in [3.8, 4) is 0 Å². The number of para-hydroxylation sites is 1. The fourth-order valence-electron chi connectivity index (χ4n) is 1.97. The number of anilines is 1. The highest BCUT2D eigenvalue weighted by Gasteiger charge is 2.10. The average molecular weight is 288 g/mol. The molecule has 0 spiro atoms. The number of hydrogen-bond acceptors (Lipinski definition) is 3. The van der Waals surface area contributed by atoms with Gasteiger partial charge in [-0.05, 0) is 43.8 Å². The topological polar surface area (TPSA) is 41.1 Å². The van der Waals surface area contributed by atoms with Gasteiger partial charge in [-0.3, -0.25) is 4.79 Å². The van der Waals surface area contributed by atoms with Gasteiger partial charge in [0, 0.05) is 23.2 Å². The van der Waals surface area contributed by atoms with Gasteiger partial charge in [0.15, 0.2) is 0 Å². The number of thiophene rings is 1. The largest absolute Gasteiger partial charge is 0.382 e. The van der Waals surface area contributed by atoms with Crippen LogP contribution in [0.25, 0.3) is 0 Å². The van der Waals surface area contributed by atoms with Crippen LogP contribution in [0, 0.1) is 0 Å². The first kappa shape index (κ1) is 14.6. The van der Waals surface area contributed by atoms with Crippen molar-refractivity contribution in [2.45, 2.75) is 26.3 Å². The Morgan fingerprint density at radius 1 is 1.20 bits per heavy atom. The lowest BCUT2D eigenvalue weighted by Crippen LogP contribution is -2.27. The lowest BCUT2D eigenvalue weighted by Gasteiger charge is -2.14. The van der Waals surface area contributed by atoms with Gasteiger partial charge in [-0.15, -0.1) is 11.3 Å². The zero-order valence-corrected chi connectivity index (χ0v) is 12.7. The first-order chi connectivity index (χ1) is 9.66. The number of hydrogen-bond donors (Lipinski definition) is 2. The molecule has 20 heavy (non-hydrogen) atoms. The second kappa shape index (κ2) is 7.10. The smallest absolute Gasteiger partial charge is 0.253 e. The van der Waals surface area contributed by atoms with Crippen molar-refractivity contribution in [1.29, 1.82) is 0 Å². The Balaban J connectivity index is 1.94. The predicted molar refractivity (Wildman–Crippen MR) is 85.6 cm³/mol. The molecule has 106 valence electrons. The first-order valence-corrected chi connectivity index (χ1v) is 7.71. The van der Waals surface area contributed by atoms with E-state index in [4.69, 9.17) is 0 Å². The monoisotopic (exact) mass is 288 g/mol. The molecule has 2 N–H and O–H groups in total. The number of carbonyl (C=O) groups is 1. The predicted octanol–water partition coefficient (Wildman–Crippen LogP) is 3.54. The van der Waals surface area contributed by atoms with E-state index in [0.29, 0.717) is 18.2 Å². The molecule has 1 aromatic carbocycles. The second-order valence-corrected chi connectivity index (χ2v) is 5.96. The quantitative estimate of drug-likeness (QED) is 0.853. The Kier molecular flexibility index (Phi) is 5.18. The fourth-order valence-corrected chi connectivity index (χ4v) is 2.68. The number of rotatable bonds is 6. The molecule has 1 amide bonds. The van der Waals surface area contributed by atoms with E-state index >= 15 is 0 Å². The van der Waals surface area contributed by atoms with Gasteiger partial charge in [0.2, 0.25) is 0 Å². The summed E-state index contributed by atoms with van der Waals surface area (Å²) < 4.78 is 0. The van der Waals surface area contributed by atoms with Gasteiger partial charge in [0.05, 0.1) is 5.56 Å². The molecule has 0 radical (unpaired) electrons. The zero-order chi connectivity index (χ0) is 14.4. The standard InChI is InChI=1S/C16H20N2OS/c1-12(2)18-15-8-4-3-7-14(15)16(19)17-10-9-13-6-5-11-20-13/h3-8,11-12,18H,9-10H2,1-2H3,(H,17,19). The molecule has 0 atom stereocenters. The highest BCUT2D eigenvalue weighted by molar-refractivity contribution is 7.09. The van der Waals surface area contributed by atoms with Gasteiger partial charge in [-0.25, -0.2) is 0 Å². The molecule has 2 aromatic rings. The highest BCUT2D eigenvalue weighted by Crippen LogP contribution is 2.16. The zero-order valence-electron chi connectivity index (χ0n) is 11.8. The van der Waals surface area contributed by atoms with Crippen molar-refractivity contribution in [1.82, 2.24) is 5.32 Å². The summed E-state index contributed by atoms with van der Waals surface area (Å²) in [4.78, 5) is 13.5. The van der Waals surface area contributed by atoms with E-state index in [0.717, 1.165) is 12.1 Å². The summed E-state index contributed by atoms with van der Waals surface area (Å²) in [7, 11) is 0. The summed E-state index contributed by atoms with van der Waals surface area (Å²) in [5.41, 5.74) is 1.59. The van der Waals surface area contributed by atoms with Crippen LogP contribution in [-0.4, -0.2) is 18.5 Å². The van der Waals surface area contributed by atoms with Crippen LogP contribution in [0.1, 0.15) is 29.1 Å². The van der Waals surface area contributed by atoms with Gasteiger partial charge in [0.25, 0.3) is 5.91 Å². The van der Waals surface area contributed by atoms with Crippen LogP contribution in [0.5, 0.6) is 0 Å². The van der Waals surface area contributed by atoms with Gasteiger partial charge >= 0.3 is 0 Å². The van der Waals surface area contributed by atoms with E-state index in [1.54, 1.807) is 11.3 Å². The Hall–Kier alpha value is -1.81. The molecule has 0 aliphatic carbocycles. The van der Waals surface area contributed by atoms with Gasteiger partial charge in [0.1, 0.15) is 0 Å². The molecule has 4 heteroatoms. The molecule has 0 saturated heterocycles. The Morgan fingerprint density at radius 3 is 2.70 bits per heavy atom. The third-order valence-electron chi connectivity index (χ3n) is 2.85. The van der Waals surface area contributed by atoms with Crippen molar-refractivity contribution in [2.75, 3.05) is 11.9 Å². The molecule has 0 bridgehead atoms. The van der Waals surface area contributed by atoms with Gasteiger partial charge in [-0.1, -0.05) is 18.2 Å². The van der Waals surface area contributed by atoms with Crippen LogP contribution in [0.3, 0.4) is 0 Å². The number of nitrogens with one attached hydrogen (secondary N) is 2. The van der Waals surface area contributed by atoms with Crippen molar-refractivity contribution in [3.05, 3.63) is 52.2 Å². The number of benzene rings is 1. The maximum absolute atomic E-state index is 12.2. The van der Waals surface area contributed by atoms with Gasteiger partial charge < -0.3 is 10.6 Å². The van der Waals surface area contributed by atoms with Crippen molar-refractivity contribution >= 4 is 22.9 Å². The molecule has 1 heterocycles. The molecular formula is C16H20N2OS. The van der Waals surface area contributed by atoms with Crippen LogP contribution in [0.4, 0.5) is 5.69 Å². The molecule has 0 aliphatic heterocycles. The van der Waals surface area contributed by atoms with Crippen LogP contribution in [0.2, 0.25) is 0 Å². The van der Waals surface area contributed by atoms with E-state index in [-0.39, 0.29) is 5.91 Å². The maximum atomic E-state index is 12.2. The summed E-state index contributed by atoms with van der Waals surface area (Å²) in [6, 6.07) is 12.0. The molecule has 0 saturated carbocycles. The van der Waals surface area contributed by atoms with E-state index in [1.807, 2.05) is 30.3 Å². The Bertz CT molecular complexity index is 549. The minimum absolute atomic E-state index is 0.0229. The molecule has 3 nitrogen and oxygen atoms in total. The molecule has 1 aromatic heterocycles. The van der Waals surface area contributed by atoms with Crippen LogP contribution >= 0.6 is 11.3 Å². The van der Waals surface area contributed by atoms with E-state index in [1.165, 1.54) is 4.88 Å². The summed E-state index contributed by atoms with van der Waals surface area (Å²) in [6.07, 6.45) is 0.878. The third-order valence-corrected chi connectivity index (χ3v) is 3.79. The first-order valence-electron chi connectivity index (χ1n) is 6.83. The van der Waals surface area contributed by atoms with Crippen LogP contribution < -0.4 is 10.6 Å². The summed E-state index contributed by atoms with van der Waals surface area (Å²) in [6.45, 7) is 4.78. The van der Waals surface area contributed by atoms with Crippen molar-refractivity contribution in [2.24, 2.45) is 0 Å². The maximum Gasteiger partial charge on any atom is 0.253 e. The molecule has 2 rings (SSSR count). The highest BCUT2D eigenvalue weighted by atomic mass is 32.1. The number of amides is 1. The van der Waals surface area contributed by atoms with Crippen molar-refractivity contribution < 1.29 is 4.79 Å². The molecule has 0 fully saturated rings. The van der Waals surface area contributed by atoms with E-state index < -0.39 is 0 Å². The SMILES string of the molecule is CC(C)Nc1ccccc1C(=O)NCCc1cccs1. The lowest BCUT2D eigenvalue weighted by molar-refractivity contribution is 0.0955. The molecule has 0 unspecified atom stereocenters. The molecule has 0 aliphatic rings. The summed E-state index contributed by atoms with van der Waals surface area (Å²) in [5.74, 6) is -0.0229. The molecular weight excluding hydrogens is 268 g/mol. The van der Waals surface area contributed by atoms with Crippen LogP contribution in [0.15, 0.2) is 41.8 Å².